The van der Waals surface area contributed by atoms with Crippen LogP contribution < -0.4 is 11.1 Å². The largest absolute Gasteiger partial charge is 0.355 e. The van der Waals surface area contributed by atoms with Gasteiger partial charge in [0.25, 0.3) is 0 Å². The van der Waals surface area contributed by atoms with E-state index >= 15 is 0 Å². The molecule has 17 heavy (non-hydrogen) atoms. The van der Waals surface area contributed by atoms with Crippen LogP contribution in [0.25, 0.3) is 0 Å². The standard InChI is InChI=1S/C14H28N2O/c1-11(2)10-13(15)14(17)16-9-8-12-6-4-3-5-7-12/h11-13H,3-10,15H2,1-2H3,(H,16,17)/t13-/m1/s1. The molecule has 3 heteroatoms. The molecule has 3 nitrogen and oxygen atoms in total. The van der Waals surface area contributed by atoms with Crippen LogP contribution in [0.5, 0.6) is 0 Å². The van der Waals surface area contributed by atoms with Crippen molar-refractivity contribution in [2.24, 2.45) is 17.6 Å². The van der Waals surface area contributed by atoms with E-state index in [1.54, 1.807) is 0 Å². The molecule has 0 heterocycles. The Kier molecular flexibility index (Phi) is 6.56. The van der Waals surface area contributed by atoms with Crippen molar-refractivity contribution in [2.75, 3.05) is 6.54 Å². The maximum atomic E-state index is 11.7. The summed E-state index contributed by atoms with van der Waals surface area (Å²) in [6.07, 6.45) is 8.70. The topological polar surface area (TPSA) is 55.1 Å². The van der Waals surface area contributed by atoms with Crippen molar-refractivity contribution < 1.29 is 4.79 Å². The Balaban J connectivity index is 2.10. The molecule has 1 rings (SSSR count). The van der Waals surface area contributed by atoms with Gasteiger partial charge in [-0.15, -0.1) is 0 Å². The Morgan fingerprint density at radius 1 is 1.29 bits per heavy atom. The minimum absolute atomic E-state index is 0.0227. The quantitative estimate of drug-likeness (QED) is 0.749. The number of nitrogens with two attached hydrogens (primary N) is 1. The molecule has 1 amide bonds. The third kappa shape index (κ3) is 6.06. The Labute approximate surface area is 106 Å². The molecule has 1 saturated carbocycles. The summed E-state index contributed by atoms with van der Waals surface area (Å²) in [6.45, 7) is 4.99. The third-order valence-corrected chi connectivity index (χ3v) is 3.64. The SMILES string of the molecule is CC(C)C[C@@H](N)C(=O)NCCC1CCCCC1. The van der Waals surface area contributed by atoms with Gasteiger partial charge in [-0.2, -0.15) is 0 Å². The smallest absolute Gasteiger partial charge is 0.236 e. The van der Waals surface area contributed by atoms with Gasteiger partial charge in [0.05, 0.1) is 6.04 Å². The van der Waals surface area contributed by atoms with Gasteiger partial charge in [-0.3, -0.25) is 4.79 Å². The van der Waals surface area contributed by atoms with Crippen LogP contribution >= 0.6 is 0 Å². The lowest BCUT2D eigenvalue weighted by Crippen LogP contribution is -2.42. The first-order valence-electron chi connectivity index (χ1n) is 7.13. The molecule has 0 aromatic carbocycles. The van der Waals surface area contributed by atoms with Crippen LogP contribution in [0.4, 0.5) is 0 Å². The van der Waals surface area contributed by atoms with Gasteiger partial charge in [0.2, 0.25) is 5.91 Å². The van der Waals surface area contributed by atoms with Crippen molar-refractivity contribution in [2.45, 2.75) is 64.8 Å². The number of carbonyl (C=O) groups excluding carboxylic acids is 1. The van der Waals surface area contributed by atoms with Crippen LogP contribution in [0.2, 0.25) is 0 Å². The highest BCUT2D eigenvalue weighted by atomic mass is 16.2. The second-order valence-electron chi connectivity index (χ2n) is 5.82. The van der Waals surface area contributed by atoms with Crippen LogP contribution in [0.15, 0.2) is 0 Å². The zero-order valence-corrected chi connectivity index (χ0v) is 11.4. The van der Waals surface area contributed by atoms with Crippen molar-refractivity contribution in [3.8, 4) is 0 Å². The zero-order valence-electron chi connectivity index (χ0n) is 11.4. The fourth-order valence-electron chi connectivity index (χ4n) is 2.62. The average molecular weight is 240 g/mol. The lowest BCUT2D eigenvalue weighted by Gasteiger charge is -2.22. The minimum atomic E-state index is -0.332. The van der Waals surface area contributed by atoms with Crippen LogP contribution in [0.1, 0.15) is 58.8 Å². The van der Waals surface area contributed by atoms with Crippen LogP contribution in [0, 0.1) is 11.8 Å². The monoisotopic (exact) mass is 240 g/mol. The predicted octanol–water partition coefficient (Wildman–Crippen LogP) is 2.45. The molecule has 1 aliphatic rings. The number of rotatable bonds is 6. The maximum absolute atomic E-state index is 11.7. The normalized spacial score (nSPS) is 19.3. The van der Waals surface area contributed by atoms with Gasteiger partial charge in [-0.25, -0.2) is 0 Å². The molecule has 0 unspecified atom stereocenters. The molecule has 0 aromatic heterocycles. The van der Waals surface area contributed by atoms with E-state index in [2.05, 4.69) is 19.2 Å². The number of nitrogens with one attached hydrogen (secondary N) is 1. The molecular formula is C14H28N2O. The van der Waals surface area contributed by atoms with Gasteiger partial charge in [0.1, 0.15) is 0 Å². The second kappa shape index (κ2) is 7.70. The van der Waals surface area contributed by atoms with Gasteiger partial charge in [-0.05, 0) is 24.7 Å². The lowest BCUT2D eigenvalue weighted by molar-refractivity contribution is -0.122. The Hall–Kier alpha value is -0.570. The van der Waals surface area contributed by atoms with E-state index in [1.807, 2.05) is 0 Å². The van der Waals surface area contributed by atoms with Crippen molar-refractivity contribution in [3.05, 3.63) is 0 Å². The summed E-state index contributed by atoms with van der Waals surface area (Å²) in [4.78, 5) is 11.7. The fraction of sp³-hybridized carbons (Fsp3) is 0.929. The van der Waals surface area contributed by atoms with E-state index in [0.717, 1.165) is 25.3 Å². The van der Waals surface area contributed by atoms with Gasteiger partial charge in [0.15, 0.2) is 0 Å². The number of hydrogen-bond donors (Lipinski definition) is 2. The number of amides is 1. The van der Waals surface area contributed by atoms with Gasteiger partial charge >= 0.3 is 0 Å². The zero-order chi connectivity index (χ0) is 12.7. The van der Waals surface area contributed by atoms with Crippen LogP contribution in [0.3, 0.4) is 0 Å². The van der Waals surface area contributed by atoms with E-state index in [4.69, 9.17) is 5.73 Å². The summed E-state index contributed by atoms with van der Waals surface area (Å²) in [5, 5.41) is 2.97. The summed E-state index contributed by atoms with van der Waals surface area (Å²) in [5.41, 5.74) is 5.83. The summed E-state index contributed by atoms with van der Waals surface area (Å²) in [5.74, 6) is 1.33. The van der Waals surface area contributed by atoms with Crippen molar-refractivity contribution in [1.29, 1.82) is 0 Å². The second-order valence-corrected chi connectivity index (χ2v) is 5.82. The van der Waals surface area contributed by atoms with Crippen LogP contribution in [-0.2, 0) is 4.79 Å². The molecule has 0 spiro atoms. The Morgan fingerprint density at radius 2 is 1.94 bits per heavy atom. The highest BCUT2D eigenvalue weighted by molar-refractivity contribution is 5.81. The van der Waals surface area contributed by atoms with Crippen molar-refractivity contribution >= 4 is 5.91 Å². The number of hydrogen-bond acceptors (Lipinski definition) is 2. The summed E-state index contributed by atoms with van der Waals surface area (Å²) in [6, 6.07) is -0.332. The third-order valence-electron chi connectivity index (χ3n) is 3.64. The first kappa shape index (κ1) is 14.5. The highest BCUT2D eigenvalue weighted by Gasteiger charge is 2.16. The Morgan fingerprint density at radius 3 is 2.53 bits per heavy atom. The average Bonchev–Trinajstić information content (AvgIpc) is 2.29. The molecule has 1 aliphatic carbocycles. The Bertz CT molecular complexity index is 222. The molecular weight excluding hydrogens is 212 g/mol. The molecule has 0 saturated heterocycles. The first-order valence-corrected chi connectivity index (χ1v) is 7.13. The van der Waals surface area contributed by atoms with E-state index in [9.17, 15) is 4.79 Å². The highest BCUT2D eigenvalue weighted by Crippen LogP contribution is 2.25. The molecule has 0 bridgehead atoms. The van der Waals surface area contributed by atoms with E-state index in [0.29, 0.717) is 5.92 Å². The summed E-state index contributed by atoms with van der Waals surface area (Å²) >= 11 is 0. The summed E-state index contributed by atoms with van der Waals surface area (Å²) in [7, 11) is 0. The molecule has 3 N–H and O–H groups in total. The van der Waals surface area contributed by atoms with Gasteiger partial charge in [0, 0.05) is 6.54 Å². The van der Waals surface area contributed by atoms with E-state index in [-0.39, 0.29) is 11.9 Å². The van der Waals surface area contributed by atoms with E-state index < -0.39 is 0 Å². The fourth-order valence-corrected chi connectivity index (χ4v) is 2.62. The lowest BCUT2D eigenvalue weighted by atomic mass is 9.87. The first-order chi connectivity index (χ1) is 8.09. The molecule has 0 aromatic rings. The van der Waals surface area contributed by atoms with Gasteiger partial charge in [-0.1, -0.05) is 46.0 Å². The molecule has 0 radical (unpaired) electrons. The molecule has 1 atom stereocenters. The van der Waals surface area contributed by atoms with Crippen molar-refractivity contribution in [1.82, 2.24) is 5.32 Å². The minimum Gasteiger partial charge on any atom is -0.355 e. The van der Waals surface area contributed by atoms with Crippen molar-refractivity contribution in [3.63, 3.8) is 0 Å². The number of carbonyl (C=O) groups is 1. The maximum Gasteiger partial charge on any atom is 0.236 e. The molecule has 0 aliphatic heterocycles. The van der Waals surface area contributed by atoms with E-state index in [1.165, 1.54) is 32.1 Å². The van der Waals surface area contributed by atoms with Crippen LogP contribution in [-0.4, -0.2) is 18.5 Å². The molecule has 1 fully saturated rings. The summed E-state index contributed by atoms with van der Waals surface area (Å²) < 4.78 is 0. The predicted molar refractivity (Wildman–Crippen MR) is 71.6 cm³/mol. The molecule has 100 valence electrons. The van der Waals surface area contributed by atoms with Gasteiger partial charge < -0.3 is 11.1 Å².